The van der Waals surface area contributed by atoms with Gasteiger partial charge in [-0.1, -0.05) is 0 Å². The second kappa shape index (κ2) is 9.37. The average molecular weight is 411 g/mol. The maximum atomic E-state index is 14.3. The van der Waals surface area contributed by atoms with Gasteiger partial charge in [0.1, 0.15) is 5.82 Å². The Morgan fingerprint density at radius 3 is 2.57 bits per heavy atom. The molecule has 0 saturated carbocycles. The summed E-state index contributed by atoms with van der Waals surface area (Å²) in [6.45, 7) is 6.73. The summed E-state index contributed by atoms with van der Waals surface area (Å²) in [4.78, 5) is 28.4. The first-order chi connectivity index (χ1) is 14.5. The zero-order valence-corrected chi connectivity index (χ0v) is 17.0. The quantitative estimate of drug-likeness (QED) is 0.728. The van der Waals surface area contributed by atoms with Crippen LogP contribution < -0.4 is 15.1 Å². The molecule has 0 radical (unpaired) electrons. The minimum absolute atomic E-state index is 0.133. The highest BCUT2D eigenvalue weighted by atomic mass is 19.1. The molecule has 1 heterocycles. The van der Waals surface area contributed by atoms with Crippen LogP contribution in [0.2, 0.25) is 0 Å². The lowest BCUT2D eigenvalue weighted by molar-refractivity contribution is -0.898. The molecule has 1 aliphatic rings. The van der Waals surface area contributed by atoms with Crippen molar-refractivity contribution in [2.75, 3.05) is 50.1 Å². The molecule has 0 spiro atoms. The van der Waals surface area contributed by atoms with Crippen LogP contribution in [-0.2, 0) is 4.74 Å². The second-order valence-electron chi connectivity index (χ2n) is 7.07. The lowest BCUT2D eigenvalue weighted by Crippen LogP contribution is -3.14. The first-order valence-electron chi connectivity index (χ1n) is 9.78. The van der Waals surface area contributed by atoms with E-state index in [9.17, 15) is 14.0 Å². The van der Waals surface area contributed by atoms with Crippen LogP contribution >= 0.6 is 0 Å². The average Bonchev–Trinajstić information content (AvgIpc) is 2.78. The van der Waals surface area contributed by atoms with Crippen molar-refractivity contribution in [1.29, 1.82) is 5.26 Å². The van der Waals surface area contributed by atoms with Crippen LogP contribution in [0.25, 0.3) is 0 Å². The van der Waals surface area contributed by atoms with Crippen LogP contribution in [0, 0.1) is 17.1 Å². The largest absolute Gasteiger partial charge is 0.465 e. The Balaban J connectivity index is 1.91. The minimum Gasteiger partial charge on any atom is -0.465 e. The highest BCUT2D eigenvalue weighted by Crippen LogP contribution is 2.28. The van der Waals surface area contributed by atoms with Crippen molar-refractivity contribution in [1.82, 2.24) is 0 Å². The van der Waals surface area contributed by atoms with Crippen LogP contribution in [0.1, 0.15) is 33.2 Å². The number of piperazine rings is 1. The van der Waals surface area contributed by atoms with E-state index in [-0.39, 0.29) is 16.7 Å². The van der Waals surface area contributed by atoms with Gasteiger partial charge < -0.3 is 19.9 Å². The molecule has 0 aromatic heterocycles. The summed E-state index contributed by atoms with van der Waals surface area (Å²) in [6, 6.07) is 10.5. The van der Waals surface area contributed by atoms with Crippen molar-refractivity contribution >= 4 is 23.3 Å². The molecule has 0 atom stereocenters. The Morgan fingerprint density at radius 1 is 1.23 bits per heavy atom. The number of benzene rings is 2. The summed E-state index contributed by atoms with van der Waals surface area (Å²) in [5.74, 6) is -1.96. The molecular formula is C22H24FN4O3+. The van der Waals surface area contributed by atoms with Gasteiger partial charge in [0.2, 0.25) is 0 Å². The number of halogens is 1. The molecule has 7 nitrogen and oxygen atoms in total. The molecular weight excluding hydrogens is 387 g/mol. The highest BCUT2D eigenvalue weighted by molar-refractivity contribution is 6.07. The van der Waals surface area contributed by atoms with E-state index in [1.54, 1.807) is 18.2 Å². The minimum atomic E-state index is -0.780. The molecule has 2 aromatic rings. The number of carbonyl (C=O) groups excluding carboxylic acids is 2. The van der Waals surface area contributed by atoms with E-state index in [2.05, 4.69) is 17.1 Å². The van der Waals surface area contributed by atoms with Crippen LogP contribution in [0.4, 0.5) is 15.8 Å². The molecule has 3 rings (SSSR count). The summed E-state index contributed by atoms with van der Waals surface area (Å²) >= 11 is 0. The molecule has 1 aliphatic heterocycles. The van der Waals surface area contributed by atoms with Crippen LogP contribution in [-0.4, -0.2) is 51.7 Å². The van der Waals surface area contributed by atoms with Crippen molar-refractivity contribution in [2.45, 2.75) is 6.92 Å². The molecule has 1 amide bonds. The number of likely N-dealkylation sites (N-methyl/N-ethyl adjacent to an activating group) is 1. The van der Waals surface area contributed by atoms with Crippen molar-refractivity contribution in [2.24, 2.45) is 0 Å². The Hall–Kier alpha value is -3.44. The third-order valence-corrected chi connectivity index (χ3v) is 5.32. The number of rotatable bonds is 5. The lowest BCUT2D eigenvalue weighted by atomic mass is 10.1. The van der Waals surface area contributed by atoms with Gasteiger partial charge >= 0.3 is 5.97 Å². The van der Waals surface area contributed by atoms with E-state index in [1.807, 2.05) is 6.07 Å². The first kappa shape index (κ1) is 21.3. The normalized spacial score (nSPS) is 14.1. The Bertz CT molecular complexity index is 994. The van der Waals surface area contributed by atoms with E-state index in [0.717, 1.165) is 44.5 Å². The van der Waals surface area contributed by atoms with Gasteiger partial charge in [-0.25, -0.2) is 9.18 Å². The molecule has 1 saturated heterocycles. The molecule has 0 unspecified atom stereocenters. The summed E-state index contributed by atoms with van der Waals surface area (Å²) in [6.07, 6.45) is 0. The smallest absolute Gasteiger partial charge is 0.337 e. The SMILES string of the molecule is CC[NH+]1CCN(c2ccc(C(=O)OC)cc2NC(=O)c2ccc(C#N)cc2F)CC1. The predicted octanol–water partition coefficient (Wildman–Crippen LogP) is 1.46. The lowest BCUT2D eigenvalue weighted by Gasteiger charge is -2.34. The molecule has 8 heteroatoms. The van der Waals surface area contributed by atoms with Crippen LogP contribution in [0.5, 0.6) is 0 Å². The molecule has 0 aliphatic carbocycles. The number of esters is 1. The van der Waals surface area contributed by atoms with Gasteiger partial charge in [-0.15, -0.1) is 0 Å². The number of hydrogen-bond donors (Lipinski definition) is 2. The first-order valence-corrected chi connectivity index (χ1v) is 9.78. The molecule has 2 N–H and O–H groups in total. The molecule has 1 fully saturated rings. The van der Waals surface area contributed by atoms with Gasteiger partial charge in [0.05, 0.1) is 74.0 Å². The fraction of sp³-hybridized carbons (Fsp3) is 0.318. The maximum absolute atomic E-state index is 14.3. The topological polar surface area (TPSA) is 86.9 Å². The van der Waals surface area contributed by atoms with E-state index in [4.69, 9.17) is 10.00 Å². The molecule has 156 valence electrons. The summed E-state index contributed by atoms with van der Waals surface area (Å²) in [5, 5.41) is 11.6. The zero-order valence-electron chi connectivity index (χ0n) is 17.0. The predicted molar refractivity (Wildman–Crippen MR) is 110 cm³/mol. The summed E-state index contributed by atoms with van der Waals surface area (Å²) < 4.78 is 19.1. The number of nitrogens with zero attached hydrogens (tertiary/aromatic N) is 2. The number of hydrogen-bond acceptors (Lipinski definition) is 5. The third kappa shape index (κ3) is 4.58. The van der Waals surface area contributed by atoms with Crippen LogP contribution in [0.15, 0.2) is 36.4 Å². The second-order valence-corrected chi connectivity index (χ2v) is 7.07. The van der Waals surface area contributed by atoms with E-state index in [0.29, 0.717) is 5.69 Å². The number of carbonyl (C=O) groups is 2. The number of nitriles is 1. The fourth-order valence-electron chi connectivity index (χ4n) is 3.53. The Kier molecular flexibility index (Phi) is 6.65. The number of nitrogens with one attached hydrogen (secondary N) is 2. The number of ether oxygens (including phenoxy) is 1. The number of amides is 1. The molecule has 0 bridgehead atoms. The van der Waals surface area contributed by atoms with Crippen molar-refractivity contribution in [3.63, 3.8) is 0 Å². The zero-order chi connectivity index (χ0) is 21.7. The van der Waals surface area contributed by atoms with Crippen molar-refractivity contribution < 1.29 is 23.6 Å². The fourth-order valence-corrected chi connectivity index (χ4v) is 3.53. The van der Waals surface area contributed by atoms with Crippen molar-refractivity contribution in [3.05, 3.63) is 58.9 Å². The number of methoxy groups -OCH3 is 1. The monoisotopic (exact) mass is 411 g/mol. The molecule has 2 aromatic carbocycles. The van der Waals surface area contributed by atoms with Crippen LogP contribution in [0.3, 0.4) is 0 Å². The Morgan fingerprint density at radius 2 is 1.97 bits per heavy atom. The van der Waals surface area contributed by atoms with E-state index >= 15 is 0 Å². The van der Waals surface area contributed by atoms with Crippen molar-refractivity contribution in [3.8, 4) is 6.07 Å². The van der Waals surface area contributed by atoms with Gasteiger partial charge in [0, 0.05) is 0 Å². The third-order valence-electron chi connectivity index (χ3n) is 5.32. The molecule has 30 heavy (non-hydrogen) atoms. The van der Waals surface area contributed by atoms with Gasteiger partial charge in [0.15, 0.2) is 0 Å². The standard InChI is InChI=1S/C22H23FN4O3/c1-3-26-8-10-27(11-9-26)20-7-5-16(22(29)30-2)13-19(20)25-21(28)17-6-4-15(14-24)12-18(17)23/h4-7,12-13H,3,8-11H2,1-2H3,(H,25,28)/p+1. The van der Waals surface area contributed by atoms with Gasteiger partial charge in [-0.3, -0.25) is 4.79 Å². The van der Waals surface area contributed by atoms with E-state index < -0.39 is 17.7 Å². The Labute approximate surface area is 174 Å². The summed E-state index contributed by atoms with van der Waals surface area (Å²) in [5.41, 5.74) is 1.42. The van der Waals surface area contributed by atoms with Gasteiger partial charge in [0.25, 0.3) is 5.91 Å². The van der Waals surface area contributed by atoms with Gasteiger partial charge in [-0.2, -0.15) is 5.26 Å². The highest BCUT2D eigenvalue weighted by Gasteiger charge is 2.23. The number of quaternary nitrogens is 1. The van der Waals surface area contributed by atoms with E-state index in [1.165, 1.54) is 24.1 Å². The maximum Gasteiger partial charge on any atom is 0.337 e. The number of anilines is 2. The van der Waals surface area contributed by atoms with Gasteiger partial charge in [-0.05, 0) is 43.3 Å². The summed E-state index contributed by atoms with van der Waals surface area (Å²) in [7, 11) is 1.29.